The molecule has 0 N–H and O–H groups in total. The van der Waals surface area contributed by atoms with Gasteiger partial charge in [0.15, 0.2) is 0 Å². The highest BCUT2D eigenvalue weighted by molar-refractivity contribution is 5.71. The average molecular weight is 219 g/mol. The van der Waals surface area contributed by atoms with Crippen LogP contribution in [-0.2, 0) is 4.74 Å². The SMILES string of the molecule is CC(C)(C)N1C[C@@H](c2ccccc2)OC1=O. The van der Waals surface area contributed by atoms with Crippen LogP contribution in [-0.4, -0.2) is 23.1 Å². The summed E-state index contributed by atoms with van der Waals surface area (Å²) in [6.07, 6.45) is -0.353. The maximum atomic E-state index is 11.7. The largest absolute Gasteiger partial charge is 0.439 e. The molecule has 1 fully saturated rings. The summed E-state index contributed by atoms with van der Waals surface area (Å²) in [5.41, 5.74) is 0.878. The molecule has 2 rings (SSSR count). The van der Waals surface area contributed by atoms with Crippen LogP contribution in [0.15, 0.2) is 30.3 Å². The Balaban J connectivity index is 2.16. The minimum atomic E-state index is -0.221. The van der Waals surface area contributed by atoms with Gasteiger partial charge in [0.05, 0.1) is 6.54 Å². The van der Waals surface area contributed by atoms with Crippen LogP contribution in [0.25, 0.3) is 0 Å². The summed E-state index contributed by atoms with van der Waals surface area (Å²) in [6.45, 7) is 6.68. The smallest absolute Gasteiger partial charge is 0.411 e. The first-order valence-electron chi connectivity index (χ1n) is 5.51. The van der Waals surface area contributed by atoms with Gasteiger partial charge in [0, 0.05) is 5.54 Å². The molecule has 1 aliphatic rings. The topological polar surface area (TPSA) is 29.5 Å². The standard InChI is InChI=1S/C13H17NO2/c1-13(2,3)14-9-11(16-12(14)15)10-7-5-4-6-8-10/h4-8,11H,9H2,1-3H3/t11-/m0/s1. The molecule has 1 aromatic rings. The van der Waals surface area contributed by atoms with Crippen molar-refractivity contribution in [2.24, 2.45) is 0 Å². The van der Waals surface area contributed by atoms with Crippen molar-refractivity contribution in [3.8, 4) is 0 Å². The number of carbonyl (C=O) groups excluding carboxylic acids is 1. The molecule has 1 heterocycles. The monoisotopic (exact) mass is 219 g/mol. The number of amides is 1. The Kier molecular flexibility index (Phi) is 2.62. The van der Waals surface area contributed by atoms with Crippen molar-refractivity contribution in [2.45, 2.75) is 32.4 Å². The first kappa shape index (κ1) is 11.0. The fourth-order valence-electron chi connectivity index (χ4n) is 1.85. The van der Waals surface area contributed by atoms with Crippen LogP contribution < -0.4 is 0 Å². The van der Waals surface area contributed by atoms with Gasteiger partial charge in [-0.25, -0.2) is 4.79 Å². The molecule has 0 unspecified atom stereocenters. The number of ether oxygens (including phenoxy) is 1. The van der Waals surface area contributed by atoms with Gasteiger partial charge in [-0.1, -0.05) is 30.3 Å². The normalized spacial score (nSPS) is 21.1. The molecule has 0 bridgehead atoms. The second kappa shape index (κ2) is 3.81. The van der Waals surface area contributed by atoms with Gasteiger partial charge in [0.1, 0.15) is 6.10 Å². The molecule has 1 saturated heterocycles. The van der Waals surface area contributed by atoms with Crippen LogP contribution >= 0.6 is 0 Å². The molecular formula is C13H17NO2. The van der Waals surface area contributed by atoms with E-state index in [1.165, 1.54) is 0 Å². The predicted molar refractivity (Wildman–Crippen MR) is 62.1 cm³/mol. The molecule has 16 heavy (non-hydrogen) atoms. The molecule has 0 spiro atoms. The Labute approximate surface area is 96.0 Å². The van der Waals surface area contributed by atoms with Crippen molar-refractivity contribution in [1.29, 1.82) is 0 Å². The molecule has 1 aliphatic heterocycles. The molecule has 0 radical (unpaired) electrons. The summed E-state index contributed by atoms with van der Waals surface area (Å²) in [6, 6.07) is 9.86. The van der Waals surface area contributed by atoms with Gasteiger partial charge in [0.2, 0.25) is 0 Å². The average Bonchev–Trinajstić information content (AvgIpc) is 2.61. The lowest BCUT2D eigenvalue weighted by Crippen LogP contribution is -2.41. The van der Waals surface area contributed by atoms with E-state index >= 15 is 0 Å². The van der Waals surface area contributed by atoms with Crippen molar-refractivity contribution < 1.29 is 9.53 Å². The third-order valence-electron chi connectivity index (χ3n) is 2.79. The highest BCUT2D eigenvalue weighted by Gasteiger charge is 2.38. The predicted octanol–water partition coefficient (Wildman–Crippen LogP) is 2.98. The second-order valence-electron chi connectivity index (χ2n) is 5.06. The lowest BCUT2D eigenvalue weighted by Gasteiger charge is -2.29. The summed E-state index contributed by atoms with van der Waals surface area (Å²) in [4.78, 5) is 13.5. The molecule has 86 valence electrons. The van der Waals surface area contributed by atoms with E-state index in [9.17, 15) is 4.79 Å². The van der Waals surface area contributed by atoms with Gasteiger partial charge < -0.3 is 4.74 Å². The van der Waals surface area contributed by atoms with Crippen LogP contribution in [0.2, 0.25) is 0 Å². The van der Waals surface area contributed by atoms with Crippen LogP contribution in [0.3, 0.4) is 0 Å². The van der Waals surface area contributed by atoms with E-state index in [0.29, 0.717) is 6.54 Å². The number of cyclic esters (lactones) is 1. The molecule has 0 saturated carbocycles. The van der Waals surface area contributed by atoms with E-state index < -0.39 is 0 Å². The Morgan fingerprint density at radius 3 is 2.38 bits per heavy atom. The van der Waals surface area contributed by atoms with Gasteiger partial charge in [-0.2, -0.15) is 0 Å². The van der Waals surface area contributed by atoms with E-state index in [2.05, 4.69) is 0 Å². The molecule has 0 aliphatic carbocycles. The zero-order chi connectivity index (χ0) is 11.8. The number of rotatable bonds is 1. The fourth-order valence-corrected chi connectivity index (χ4v) is 1.85. The Hall–Kier alpha value is -1.51. The minimum Gasteiger partial charge on any atom is -0.439 e. The molecule has 1 aromatic carbocycles. The van der Waals surface area contributed by atoms with Crippen molar-refractivity contribution in [1.82, 2.24) is 4.90 Å². The molecule has 1 atom stereocenters. The zero-order valence-corrected chi connectivity index (χ0v) is 9.93. The minimum absolute atomic E-state index is 0.132. The molecular weight excluding hydrogens is 202 g/mol. The number of hydrogen-bond donors (Lipinski definition) is 0. The maximum absolute atomic E-state index is 11.7. The highest BCUT2D eigenvalue weighted by Crippen LogP contribution is 2.30. The van der Waals surface area contributed by atoms with E-state index in [4.69, 9.17) is 4.74 Å². The van der Waals surface area contributed by atoms with Crippen LogP contribution in [0.1, 0.15) is 32.4 Å². The number of nitrogens with zero attached hydrogens (tertiary/aromatic N) is 1. The van der Waals surface area contributed by atoms with Crippen molar-refractivity contribution in [3.05, 3.63) is 35.9 Å². The lowest BCUT2D eigenvalue weighted by atomic mass is 10.1. The van der Waals surface area contributed by atoms with Gasteiger partial charge in [-0.15, -0.1) is 0 Å². The Bertz CT molecular complexity index is 381. The van der Waals surface area contributed by atoms with Crippen LogP contribution in [0.5, 0.6) is 0 Å². The number of benzene rings is 1. The highest BCUT2D eigenvalue weighted by atomic mass is 16.6. The third-order valence-corrected chi connectivity index (χ3v) is 2.79. The van der Waals surface area contributed by atoms with Gasteiger partial charge in [0.25, 0.3) is 0 Å². The summed E-state index contributed by atoms with van der Waals surface area (Å²) in [7, 11) is 0. The zero-order valence-electron chi connectivity index (χ0n) is 9.93. The molecule has 3 heteroatoms. The maximum Gasteiger partial charge on any atom is 0.411 e. The Morgan fingerprint density at radius 1 is 1.25 bits per heavy atom. The van der Waals surface area contributed by atoms with E-state index in [0.717, 1.165) is 5.56 Å². The number of carbonyl (C=O) groups is 1. The summed E-state index contributed by atoms with van der Waals surface area (Å²) < 4.78 is 5.37. The van der Waals surface area contributed by atoms with Gasteiger partial charge in [-0.05, 0) is 26.3 Å². The van der Waals surface area contributed by atoms with Crippen molar-refractivity contribution in [2.75, 3.05) is 6.54 Å². The van der Waals surface area contributed by atoms with E-state index in [1.807, 2.05) is 51.1 Å². The second-order valence-corrected chi connectivity index (χ2v) is 5.06. The lowest BCUT2D eigenvalue weighted by molar-refractivity contribution is 0.120. The number of hydrogen-bond acceptors (Lipinski definition) is 2. The first-order chi connectivity index (χ1) is 7.48. The van der Waals surface area contributed by atoms with Crippen LogP contribution in [0.4, 0.5) is 4.79 Å². The summed E-state index contributed by atoms with van der Waals surface area (Å²) in [5.74, 6) is 0. The van der Waals surface area contributed by atoms with E-state index in [1.54, 1.807) is 4.90 Å². The summed E-state index contributed by atoms with van der Waals surface area (Å²) in [5, 5.41) is 0. The fraction of sp³-hybridized carbons (Fsp3) is 0.462. The summed E-state index contributed by atoms with van der Waals surface area (Å²) >= 11 is 0. The first-order valence-corrected chi connectivity index (χ1v) is 5.51. The molecule has 1 amide bonds. The Morgan fingerprint density at radius 2 is 1.88 bits per heavy atom. The molecule has 0 aromatic heterocycles. The quantitative estimate of drug-likeness (QED) is 0.726. The van der Waals surface area contributed by atoms with Crippen LogP contribution in [0, 0.1) is 0 Å². The van der Waals surface area contributed by atoms with Gasteiger partial charge >= 0.3 is 6.09 Å². The third kappa shape index (κ3) is 2.03. The van der Waals surface area contributed by atoms with Crippen molar-refractivity contribution >= 4 is 6.09 Å². The van der Waals surface area contributed by atoms with Gasteiger partial charge in [-0.3, -0.25) is 4.90 Å². The molecule has 3 nitrogen and oxygen atoms in total. The van der Waals surface area contributed by atoms with Crippen molar-refractivity contribution in [3.63, 3.8) is 0 Å². The van der Waals surface area contributed by atoms with E-state index in [-0.39, 0.29) is 17.7 Å².